The maximum absolute atomic E-state index is 11.8. The highest BCUT2D eigenvalue weighted by molar-refractivity contribution is 7.89. The third-order valence-electron chi connectivity index (χ3n) is 2.30. The summed E-state index contributed by atoms with van der Waals surface area (Å²) in [5.41, 5.74) is 0. The number of hydrogen-bond donors (Lipinski definition) is 2. The van der Waals surface area contributed by atoms with Gasteiger partial charge in [-0.1, -0.05) is 0 Å². The van der Waals surface area contributed by atoms with E-state index >= 15 is 0 Å². The fourth-order valence-corrected chi connectivity index (χ4v) is 2.14. The van der Waals surface area contributed by atoms with Crippen LogP contribution in [-0.2, 0) is 10.0 Å². The summed E-state index contributed by atoms with van der Waals surface area (Å²) in [4.78, 5) is 3.98. The van der Waals surface area contributed by atoms with Gasteiger partial charge in [-0.25, -0.2) is 18.1 Å². The van der Waals surface area contributed by atoms with E-state index in [1.165, 1.54) is 25.4 Å². The van der Waals surface area contributed by atoms with Crippen LogP contribution in [0.15, 0.2) is 23.2 Å². The SMILES string of the molecule is CNC(C)CNS(=O)(=O)c1ccc(OC)nc1. The van der Waals surface area contributed by atoms with Gasteiger partial charge < -0.3 is 10.1 Å². The summed E-state index contributed by atoms with van der Waals surface area (Å²) in [6.45, 7) is 2.21. The van der Waals surface area contributed by atoms with Crippen molar-refractivity contribution in [2.75, 3.05) is 20.7 Å². The number of sulfonamides is 1. The first-order valence-electron chi connectivity index (χ1n) is 5.16. The first kappa shape index (κ1) is 13.9. The van der Waals surface area contributed by atoms with Gasteiger partial charge in [-0.3, -0.25) is 0 Å². The summed E-state index contributed by atoms with van der Waals surface area (Å²) in [5.74, 6) is 0.382. The van der Waals surface area contributed by atoms with Gasteiger partial charge in [-0.05, 0) is 20.0 Å². The minimum Gasteiger partial charge on any atom is -0.481 e. The zero-order chi connectivity index (χ0) is 12.9. The van der Waals surface area contributed by atoms with Gasteiger partial charge in [0.1, 0.15) is 4.90 Å². The maximum atomic E-state index is 11.8. The van der Waals surface area contributed by atoms with E-state index in [1.54, 1.807) is 7.05 Å². The van der Waals surface area contributed by atoms with Crippen LogP contribution < -0.4 is 14.8 Å². The summed E-state index contributed by atoms with van der Waals surface area (Å²) >= 11 is 0. The van der Waals surface area contributed by atoms with Gasteiger partial charge in [0.2, 0.25) is 15.9 Å². The van der Waals surface area contributed by atoms with Crippen molar-refractivity contribution in [1.82, 2.24) is 15.0 Å². The minimum atomic E-state index is -3.50. The lowest BCUT2D eigenvalue weighted by Gasteiger charge is -2.11. The molecule has 0 aliphatic rings. The van der Waals surface area contributed by atoms with Crippen molar-refractivity contribution in [1.29, 1.82) is 0 Å². The molecule has 0 fully saturated rings. The van der Waals surface area contributed by atoms with Crippen LogP contribution in [0.3, 0.4) is 0 Å². The number of hydrogen-bond acceptors (Lipinski definition) is 5. The molecule has 0 aliphatic heterocycles. The highest BCUT2D eigenvalue weighted by Crippen LogP contribution is 2.11. The van der Waals surface area contributed by atoms with Gasteiger partial charge in [0.15, 0.2) is 0 Å². The average molecular weight is 259 g/mol. The van der Waals surface area contributed by atoms with Crippen LogP contribution in [0.4, 0.5) is 0 Å². The average Bonchev–Trinajstić information content (AvgIpc) is 2.36. The molecule has 0 spiro atoms. The lowest BCUT2D eigenvalue weighted by molar-refractivity contribution is 0.397. The summed E-state index contributed by atoms with van der Waals surface area (Å²) < 4.78 is 31.0. The van der Waals surface area contributed by atoms with Crippen LogP contribution in [0.25, 0.3) is 0 Å². The maximum Gasteiger partial charge on any atom is 0.242 e. The number of pyridine rings is 1. The molecule has 0 aliphatic carbocycles. The molecule has 0 aromatic carbocycles. The molecule has 7 heteroatoms. The number of likely N-dealkylation sites (N-methyl/N-ethyl adjacent to an activating group) is 1. The molecule has 2 N–H and O–H groups in total. The predicted octanol–water partition coefficient (Wildman–Crippen LogP) is -0.0236. The van der Waals surface area contributed by atoms with Gasteiger partial charge >= 0.3 is 0 Å². The second-order valence-electron chi connectivity index (χ2n) is 3.58. The first-order chi connectivity index (χ1) is 7.99. The number of rotatable bonds is 6. The topological polar surface area (TPSA) is 80.3 Å². The molecule has 6 nitrogen and oxygen atoms in total. The van der Waals surface area contributed by atoms with Crippen molar-refractivity contribution in [2.45, 2.75) is 17.9 Å². The number of ether oxygens (including phenoxy) is 1. The molecule has 0 amide bonds. The van der Waals surface area contributed by atoms with E-state index in [-0.39, 0.29) is 10.9 Å². The summed E-state index contributed by atoms with van der Waals surface area (Å²) in [6, 6.07) is 3.03. The Morgan fingerprint density at radius 3 is 2.65 bits per heavy atom. The van der Waals surface area contributed by atoms with Crippen LogP contribution in [-0.4, -0.2) is 40.1 Å². The van der Waals surface area contributed by atoms with Gasteiger partial charge in [0.25, 0.3) is 0 Å². The molecule has 0 bridgehead atoms. The molecular weight excluding hydrogens is 242 g/mol. The van der Waals surface area contributed by atoms with E-state index in [4.69, 9.17) is 4.74 Å². The van der Waals surface area contributed by atoms with Crippen molar-refractivity contribution in [3.63, 3.8) is 0 Å². The summed E-state index contributed by atoms with van der Waals surface area (Å²) in [5, 5.41) is 2.94. The zero-order valence-electron chi connectivity index (χ0n) is 10.1. The van der Waals surface area contributed by atoms with Gasteiger partial charge in [-0.2, -0.15) is 0 Å². The molecule has 1 aromatic heterocycles. The van der Waals surface area contributed by atoms with Crippen LogP contribution in [0.1, 0.15) is 6.92 Å². The molecule has 96 valence electrons. The fraction of sp³-hybridized carbons (Fsp3) is 0.500. The predicted molar refractivity (Wildman–Crippen MR) is 64.5 cm³/mol. The van der Waals surface area contributed by atoms with E-state index in [9.17, 15) is 8.42 Å². The lowest BCUT2D eigenvalue weighted by Crippen LogP contribution is -2.37. The molecule has 1 heterocycles. The van der Waals surface area contributed by atoms with E-state index < -0.39 is 10.0 Å². The molecule has 0 saturated heterocycles. The molecular formula is C10H17N3O3S. The Morgan fingerprint density at radius 2 is 2.18 bits per heavy atom. The molecule has 1 aromatic rings. The van der Waals surface area contributed by atoms with Crippen LogP contribution in [0.2, 0.25) is 0 Å². The van der Waals surface area contributed by atoms with E-state index in [1.807, 2.05) is 6.92 Å². The van der Waals surface area contributed by atoms with Crippen LogP contribution in [0.5, 0.6) is 5.88 Å². The molecule has 1 atom stereocenters. The van der Waals surface area contributed by atoms with Gasteiger partial charge in [0, 0.05) is 18.7 Å². The summed E-state index contributed by atoms with van der Waals surface area (Å²) in [6.07, 6.45) is 1.27. The Bertz CT molecular complexity index is 444. The van der Waals surface area contributed by atoms with Crippen molar-refractivity contribution in [2.24, 2.45) is 0 Å². The van der Waals surface area contributed by atoms with Crippen LogP contribution >= 0.6 is 0 Å². The second kappa shape index (κ2) is 5.95. The minimum absolute atomic E-state index is 0.0657. The van der Waals surface area contributed by atoms with Crippen molar-refractivity contribution >= 4 is 10.0 Å². The molecule has 0 radical (unpaired) electrons. The van der Waals surface area contributed by atoms with Gasteiger partial charge in [-0.15, -0.1) is 0 Å². The summed E-state index contributed by atoms with van der Waals surface area (Å²) in [7, 11) is -0.251. The smallest absolute Gasteiger partial charge is 0.242 e. The fourth-order valence-electron chi connectivity index (χ4n) is 1.07. The van der Waals surface area contributed by atoms with Gasteiger partial charge in [0.05, 0.1) is 13.3 Å². The Labute approximate surface area is 101 Å². The Hall–Kier alpha value is -1.18. The van der Waals surface area contributed by atoms with E-state index in [0.29, 0.717) is 12.4 Å². The van der Waals surface area contributed by atoms with Crippen molar-refractivity contribution in [3.8, 4) is 5.88 Å². The largest absolute Gasteiger partial charge is 0.481 e. The van der Waals surface area contributed by atoms with Crippen LogP contribution in [0, 0.1) is 0 Å². The highest BCUT2D eigenvalue weighted by atomic mass is 32.2. The quantitative estimate of drug-likeness (QED) is 0.750. The Kier molecular flexibility index (Phi) is 4.86. The number of nitrogens with one attached hydrogen (secondary N) is 2. The Balaban J connectivity index is 2.75. The standard InChI is InChI=1S/C10H17N3O3S/c1-8(11-2)6-13-17(14,15)9-4-5-10(16-3)12-7-9/h4-5,7-8,11,13H,6H2,1-3H3. The van der Waals surface area contributed by atoms with E-state index in [0.717, 1.165) is 0 Å². The molecule has 0 saturated carbocycles. The van der Waals surface area contributed by atoms with E-state index in [2.05, 4.69) is 15.0 Å². The third-order valence-corrected chi connectivity index (χ3v) is 3.71. The number of nitrogens with zero attached hydrogens (tertiary/aromatic N) is 1. The first-order valence-corrected chi connectivity index (χ1v) is 6.65. The Morgan fingerprint density at radius 1 is 1.47 bits per heavy atom. The lowest BCUT2D eigenvalue weighted by atomic mass is 10.4. The molecule has 1 rings (SSSR count). The number of aromatic nitrogens is 1. The zero-order valence-corrected chi connectivity index (χ0v) is 10.9. The molecule has 1 unspecified atom stereocenters. The molecule has 17 heavy (non-hydrogen) atoms. The normalized spacial score (nSPS) is 13.4. The number of methoxy groups -OCH3 is 1. The third kappa shape index (κ3) is 3.95. The van der Waals surface area contributed by atoms with Crippen molar-refractivity contribution in [3.05, 3.63) is 18.3 Å². The monoisotopic (exact) mass is 259 g/mol. The second-order valence-corrected chi connectivity index (χ2v) is 5.34. The van der Waals surface area contributed by atoms with Crippen molar-refractivity contribution < 1.29 is 13.2 Å². The highest BCUT2D eigenvalue weighted by Gasteiger charge is 2.15.